The predicted molar refractivity (Wildman–Crippen MR) is 78.6 cm³/mol. The van der Waals surface area contributed by atoms with E-state index in [-0.39, 0.29) is 17.3 Å². The van der Waals surface area contributed by atoms with Crippen molar-refractivity contribution in [3.8, 4) is 11.5 Å². The smallest absolute Gasteiger partial charge is 0.193 e. The highest BCUT2D eigenvalue weighted by Gasteiger charge is 2.17. The number of phenols is 2. The lowest BCUT2D eigenvalue weighted by atomic mass is 9.93. The molecular formula is C17H18O3. The Morgan fingerprint density at radius 3 is 1.40 bits per heavy atom. The molecule has 0 saturated carbocycles. The van der Waals surface area contributed by atoms with Crippen molar-refractivity contribution in [1.82, 2.24) is 0 Å². The summed E-state index contributed by atoms with van der Waals surface area (Å²) in [6.07, 6.45) is 0. The minimum Gasteiger partial charge on any atom is -0.508 e. The van der Waals surface area contributed by atoms with Gasteiger partial charge >= 0.3 is 0 Å². The van der Waals surface area contributed by atoms with Crippen molar-refractivity contribution in [3.63, 3.8) is 0 Å². The molecule has 0 aliphatic carbocycles. The third kappa shape index (κ3) is 2.39. The van der Waals surface area contributed by atoms with Gasteiger partial charge in [-0.05, 0) is 74.2 Å². The van der Waals surface area contributed by atoms with Crippen LogP contribution in [0.1, 0.15) is 38.2 Å². The summed E-state index contributed by atoms with van der Waals surface area (Å²) >= 11 is 0. The topological polar surface area (TPSA) is 57.5 Å². The van der Waals surface area contributed by atoms with E-state index in [0.29, 0.717) is 22.3 Å². The maximum absolute atomic E-state index is 12.7. The molecule has 0 amide bonds. The molecule has 0 saturated heterocycles. The summed E-state index contributed by atoms with van der Waals surface area (Å²) in [5.41, 5.74) is 3.98. The number of ketones is 1. The zero-order valence-corrected chi connectivity index (χ0v) is 12.1. The highest BCUT2D eigenvalue weighted by atomic mass is 16.3. The molecule has 0 spiro atoms. The molecule has 2 aromatic rings. The van der Waals surface area contributed by atoms with Gasteiger partial charge in [-0.3, -0.25) is 4.79 Å². The van der Waals surface area contributed by atoms with Crippen molar-refractivity contribution in [3.05, 3.63) is 57.6 Å². The van der Waals surface area contributed by atoms with Gasteiger partial charge in [0, 0.05) is 11.1 Å². The average molecular weight is 270 g/mol. The van der Waals surface area contributed by atoms with Crippen molar-refractivity contribution < 1.29 is 15.0 Å². The van der Waals surface area contributed by atoms with E-state index in [9.17, 15) is 15.0 Å². The Kier molecular flexibility index (Phi) is 3.53. The number of carbonyl (C=O) groups is 1. The molecule has 0 radical (unpaired) electrons. The largest absolute Gasteiger partial charge is 0.508 e. The first kappa shape index (κ1) is 14.1. The second-order valence-corrected chi connectivity index (χ2v) is 5.24. The Bertz CT molecular complexity index is 640. The van der Waals surface area contributed by atoms with Gasteiger partial charge in [-0.1, -0.05) is 0 Å². The highest BCUT2D eigenvalue weighted by Crippen LogP contribution is 2.27. The van der Waals surface area contributed by atoms with Crippen LogP contribution in [0, 0.1) is 27.7 Å². The first-order chi connectivity index (χ1) is 9.31. The van der Waals surface area contributed by atoms with Crippen LogP contribution in [0.3, 0.4) is 0 Å². The van der Waals surface area contributed by atoms with Gasteiger partial charge in [0.2, 0.25) is 0 Å². The van der Waals surface area contributed by atoms with Crippen molar-refractivity contribution >= 4 is 5.78 Å². The molecule has 0 aliphatic heterocycles. The Hall–Kier alpha value is -2.29. The molecule has 2 N–H and O–H groups in total. The molecule has 0 aliphatic rings. The summed E-state index contributed by atoms with van der Waals surface area (Å²) in [5, 5.41) is 19.3. The molecule has 2 aromatic carbocycles. The van der Waals surface area contributed by atoms with Crippen molar-refractivity contribution in [2.24, 2.45) is 0 Å². The number of benzene rings is 2. The van der Waals surface area contributed by atoms with Crippen LogP contribution in [0.4, 0.5) is 0 Å². The third-order valence-corrected chi connectivity index (χ3v) is 3.58. The number of aryl methyl sites for hydroxylation is 4. The molecule has 0 bridgehead atoms. The van der Waals surface area contributed by atoms with Crippen LogP contribution in [0.2, 0.25) is 0 Å². The molecule has 0 aromatic heterocycles. The van der Waals surface area contributed by atoms with Crippen LogP contribution in [-0.2, 0) is 0 Å². The van der Waals surface area contributed by atoms with Gasteiger partial charge in [-0.2, -0.15) is 0 Å². The molecular weight excluding hydrogens is 252 g/mol. The summed E-state index contributed by atoms with van der Waals surface area (Å²) in [6.45, 7) is 7.13. The van der Waals surface area contributed by atoms with Crippen LogP contribution in [0.25, 0.3) is 0 Å². The Morgan fingerprint density at radius 1 is 0.700 bits per heavy atom. The van der Waals surface area contributed by atoms with E-state index in [4.69, 9.17) is 0 Å². The molecule has 0 fully saturated rings. The van der Waals surface area contributed by atoms with E-state index in [1.165, 1.54) is 0 Å². The SMILES string of the molecule is Cc1cc(C(=O)c2cc(C)c(O)cc2C)c(C)cc1O. The fourth-order valence-corrected chi connectivity index (χ4v) is 2.24. The standard InChI is InChI=1S/C17H18O3/c1-9-7-15(18)11(3)5-13(9)17(20)14-6-12(4)16(19)8-10(14)2/h5-8,18-19H,1-4H3. The van der Waals surface area contributed by atoms with E-state index >= 15 is 0 Å². The second kappa shape index (κ2) is 5.00. The highest BCUT2D eigenvalue weighted by molar-refractivity contribution is 6.11. The lowest BCUT2D eigenvalue weighted by Crippen LogP contribution is -2.07. The molecule has 0 heterocycles. The van der Waals surface area contributed by atoms with Crippen molar-refractivity contribution in [2.75, 3.05) is 0 Å². The molecule has 20 heavy (non-hydrogen) atoms. The number of phenolic OH excluding ortho intramolecular Hbond substituents is 2. The molecule has 3 nitrogen and oxygen atoms in total. The normalized spacial score (nSPS) is 10.6. The fraction of sp³-hybridized carbons (Fsp3) is 0.235. The number of hydrogen-bond donors (Lipinski definition) is 2. The van der Waals surface area contributed by atoms with E-state index in [1.54, 1.807) is 52.0 Å². The van der Waals surface area contributed by atoms with Gasteiger partial charge in [0.25, 0.3) is 0 Å². The van der Waals surface area contributed by atoms with Gasteiger partial charge in [-0.15, -0.1) is 0 Å². The summed E-state index contributed by atoms with van der Waals surface area (Å²) in [6, 6.07) is 6.61. The Labute approximate surface area is 118 Å². The number of hydrogen-bond acceptors (Lipinski definition) is 3. The average Bonchev–Trinajstić information content (AvgIpc) is 2.37. The summed E-state index contributed by atoms with van der Waals surface area (Å²) < 4.78 is 0. The number of rotatable bonds is 2. The maximum atomic E-state index is 12.7. The van der Waals surface area contributed by atoms with Crippen LogP contribution in [0.5, 0.6) is 11.5 Å². The maximum Gasteiger partial charge on any atom is 0.193 e. The zero-order valence-electron chi connectivity index (χ0n) is 12.1. The van der Waals surface area contributed by atoms with E-state index in [1.807, 2.05) is 0 Å². The minimum absolute atomic E-state index is 0.0915. The van der Waals surface area contributed by atoms with Gasteiger partial charge < -0.3 is 10.2 Å². The van der Waals surface area contributed by atoms with Gasteiger partial charge in [0.05, 0.1) is 0 Å². The first-order valence-electron chi connectivity index (χ1n) is 6.46. The van der Waals surface area contributed by atoms with Gasteiger partial charge in [0.15, 0.2) is 5.78 Å². The zero-order chi connectivity index (χ0) is 15.0. The molecule has 104 valence electrons. The van der Waals surface area contributed by atoms with E-state index in [0.717, 1.165) is 11.1 Å². The molecule has 0 unspecified atom stereocenters. The molecule has 0 atom stereocenters. The van der Waals surface area contributed by atoms with Gasteiger partial charge in [-0.25, -0.2) is 0 Å². The van der Waals surface area contributed by atoms with Crippen LogP contribution >= 0.6 is 0 Å². The Morgan fingerprint density at radius 2 is 1.05 bits per heavy atom. The summed E-state index contributed by atoms with van der Waals surface area (Å²) in [4.78, 5) is 12.7. The van der Waals surface area contributed by atoms with Crippen molar-refractivity contribution in [1.29, 1.82) is 0 Å². The summed E-state index contributed by atoms with van der Waals surface area (Å²) in [5.74, 6) is 0.293. The minimum atomic E-state index is -0.0915. The monoisotopic (exact) mass is 270 g/mol. The molecule has 3 heteroatoms. The number of aromatic hydroxyl groups is 2. The number of carbonyl (C=O) groups excluding carboxylic acids is 1. The molecule has 2 rings (SSSR count). The third-order valence-electron chi connectivity index (χ3n) is 3.58. The fourth-order valence-electron chi connectivity index (χ4n) is 2.24. The predicted octanol–water partition coefficient (Wildman–Crippen LogP) is 3.56. The summed E-state index contributed by atoms with van der Waals surface area (Å²) in [7, 11) is 0. The second-order valence-electron chi connectivity index (χ2n) is 5.24. The first-order valence-corrected chi connectivity index (χ1v) is 6.46. The van der Waals surface area contributed by atoms with Gasteiger partial charge in [0.1, 0.15) is 11.5 Å². The van der Waals surface area contributed by atoms with E-state index in [2.05, 4.69) is 0 Å². The lowest BCUT2D eigenvalue weighted by molar-refractivity contribution is 0.103. The quantitative estimate of drug-likeness (QED) is 0.820. The Balaban J connectivity index is 2.57. The van der Waals surface area contributed by atoms with Crippen LogP contribution in [-0.4, -0.2) is 16.0 Å². The van der Waals surface area contributed by atoms with Crippen LogP contribution < -0.4 is 0 Å². The van der Waals surface area contributed by atoms with E-state index < -0.39 is 0 Å². The lowest BCUT2D eigenvalue weighted by Gasteiger charge is -2.11. The van der Waals surface area contributed by atoms with Crippen molar-refractivity contribution in [2.45, 2.75) is 27.7 Å². The van der Waals surface area contributed by atoms with Crippen LogP contribution in [0.15, 0.2) is 24.3 Å².